The summed E-state index contributed by atoms with van der Waals surface area (Å²) in [7, 11) is 0. The molecule has 6 heteroatoms. The molecule has 0 bridgehead atoms. The van der Waals surface area contributed by atoms with Gasteiger partial charge in [0.2, 0.25) is 5.95 Å². The molecular formula is C15H17ClFN4+. The predicted molar refractivity (Wildman–Crippen MR) is 80.1 cm³/mol. The number of piperazine rings is 1. The molecule has 3 rings (SSSR count). The van der Waals surface area contributed by atoms with Gasteiger partial charge in [0.1, 0.15) is 12.4 Å². The molecule has 110 valence electrons. The summed E-state index contributed by atoms with van der Waals surface area (Å²) in [4.78, 5) is 12.2. The van der Waals surface area contributed by atoms with Crippen molar-refractivity contribution in [1.82, 2.24) is 9.97 Å². The molecule has 2 heterocycles. The molecule has 1 aliphatic rings. The van der Waals surface area contributed by atoms with Crippen LogP contribution in [0.3, 0.4) is 0 Å². The van der Waals surface area contributed by atoms with Crippen LogP contribution in [0.1, 0.15) is 5.56 Å². The first kappa shape index (κ1) is 14.2. The summed E-state index contributed by atoms with van der Waals surface area (Å²) < 4.78 is 13.1. The summed E-state index contributed by atoms with van der Waals surface area (Å²) in [6, 6.07) is 6.44. The minimum atomic E-state index is -0.287. The third-order valence-corrected chi connectivity index (χ3v) is 4.11. The Kier molecular flexibility index (Phi) is 4.31. The molecule has 1 aromatic heterocycles. The quantitative estimate of drug-likeness (QED) is 0.924. The van der Waals surface area contributed by atoms with Crippen molar-refractivity contribution in [2.45, 2.75) is 6.54 Å². The maximum absolute atomic E-state index is 13.1. The summed E-state index contributed by atoms with van der Waals surface area (Å²) in [5.74, 6) is 0.501. The van der Waals surface area contributed by atoms with Crippen LogP contribution >= 0.6 is 11.6 Å². The minimum absolute atomic E-state index is 0.287. The van der Waals surface area contributed by atoms with E-state index in [-0.39, 0.29) is 5.82 Å². The van der Waals surface area contributed by atoms with E-state index in [1.54, 1.807) is 18.5 Å². The number of aromatic nitrogens is 2. The van der Waals surface area contributed by atoms with Gasteiger partial charge in [-0.1, -0.05) is 11.6 Å². The van der Waals surface area contributed by atoms with Gasteiger partial charge in [-0.3, -0.25) is 0 Å². The predicted octanol–water partition coefficient (Wildman–Crippen LogP) is 1.17. The second-order valence-corrected chi connectivity index (χ2v) is 5.61. The van der Waals surface area contributed by atoms with Crippen LogP contribution in [0.2, 0.25) is 5.02 Å². The molecule has 0 radical (unpaired) electrons. The third kappa shape index (κ3) is 3.49. The maximum atomic E-state index is 13.1. The summed E-state index contributed by atoms with van der Waals surface area (Å²) in [6.45, 7) is 4.64. The molecule has 21 heavy (non-hydrogen) atoms. The van der Waals surface area contributed by atoms with E-state index in [1.165, 1.54) is 17.0 Å². The highest BCUT2D eigenvalue weighted by Crippen LogP contribution is 2.16. The Hall–Kier alpha value is -1.72. The Labute approximate surface area is 128 Å². The largest absolute Gasteiger partial charge is 0.330 e. The van der Waals surface area contributed by atoms with E-state index < -0.39 is 0 Å². The van der Waals surface area contributed by atoms with Crippen LogP contribution in [0.15, 0.2) is 36.7 Å². The number of quaternary nitrogens is 1. The number of hydrogen-bond acceptors (Lipinski definition) is 3. The van der Waals surface area contributed by atoms with Gasteiger partial charge in [0.15, 0.2) is 0 Å². The van der Waals surface area contributed by atoms with Gasteiger partial charge in [-0.25, -0.2) is 14.4 Å². The molecule has 0 amide bonds. The molecule has 1 aliphatic heterocycles. The zero-order valence-corrected chi connectivity index (χ0v) is 12.4. The number of halogens is 2. The van der Waals surface area contributed by atoms with Crippen LogP contribution in [-0.2, 0) is 6.54 Å². The molecule has 0 aliphatic carbocycles. The lowest BCUT2D eigenvalue weighted by atomic mass is 10.2. The van der Waals surface area contributed by atoms with Crippen LogP contribution in [0, 0.1) is 5.82 Å². The van der Waals surface area contributed by atoms with Crippen molar-refractivity contribution >= 4 is 17.5 Å². The Balaban J connectivity index is 1.59. The van der Waals surface area contributed by atoms with Gasteiger partial charge < -0.3 is 9.80 Å². The number of benzene rings is 1. The second kappa shape index (κ2) is 6.37. The van der Waals surface area contributed by atoms with E-state index in [1.807, 2.05) is 6.07 Å². The van der Waals surface area contributed by atoms with Gasteiger partial charge in [0, 0.05) is 18.0 Å². The highest BCUT2D eigenvalue weighted by Gasteiger charge is 2.22. The third-order valence-electron chi connectivity index (χ3n) is 3.76. The lowest BCUT2D eigenvalue weighted by Gasteiger charge is -2.32. The normalized spacial score (nSPS) is 16.2. The van der Waals surface area contributed by atoms with Gasteiger partial charge in [-0.05, 0) is 24.3 Å². The van der Waals surface area contributed by atoms with Gasteiger partial charge >= 0.3 is 0 Å². The highest BCUT2D eigenvalue weighted by atomic mass is 35.5. The zero-order chi connectivity index (χ0) is 14.7. The maximum Gasteiger partial charge on any atom is 0.225 e. The van der Waals surface area contributed by atoms with Crippen LogP contribution in [0.4, 0.5) is 10.3 Å². The van der Waals surface area contributed by atoms with Crippen LogP contribution < -0.4 is 9.80 Å². The fourth-order valence-electron chi connectivity index (χ4n) is 2.59. The van der Waals surface area contributed by atoms with Crippen LogP contribution in [0.5, 0.6) is 0 Å². The molecule has 0 atom stereocenters. The zero-order valence-electron chi connectivity index (χ0n) is 11.6. The molecule has 0 saturated carbocycles. The van der Waals surface area contributed by atoms with Gasteiger partial charge in [-0.15, -0.1) is 0 Å². The first-order chi connectivity index (χ1) is 10.2. The molecule has 0 spiro atoms. The Morgan fingerprint density at radius 3 is 2.57 bits per heavy atom. The van der Waals surface area contributed by atoms with E-state index in [0.717, 1.165) is 44.2 Å². The summed E-state index contributed by atoms with van der Waals surface area (Å²) >= 11 is 6.09. The van der Waals surface area contributed by atoms with Crippen molar-refractivity contribution in [2.24, 2.45) is 0 Å². The van der Waals surface area contributed by atoms with Crippen LogP contribution in [-0.4, -0.2) is 36.1 Å². The Bertz CT molecular complexity index is 600. The molecule has 4 nitrogen and oxygen atoms in total. The van der Waals surface area contributed by atoms with E-state index in [2.05, 4.69) is 14.9 Å². The fourth-order valence-corrected chi connectivity index (χ4v) is 2.82. The standard InChI is InChI=1S/C15H16ClFN4/c16-14-10-13(17)3-2-12(14)11-20-6-8-21(9-7-20)15-18-4-1-5-19-15/h1-5,10H,6-9,11H2/p+1. The SMILES string of the molecule is Fc1ccc(C[NH+]2CCN(c3ncccn3)CC2)c(Cl)c1. The first-order valence-electron chi connectivity index (χ1n) is 7.02. The van der Waals surface area contributed by atoms with Crippen molar-refractivity contribution in [3.05, 3.63) is 53.1 Å². The number of rotatable bonds is 3. The number of nitrogens with one attached hydrogen (secondary N) is 1. The van der Waals surface area contributed by atoms with Crippen molar-refractivity contribution in [3.8, 4) is 0 Å². The van der Waals surface area contributed by atoms with Crippen molar-refractivity contribution in [3.63, 3.8) is 0 Å². The molecule has 0 unspecified atom stereocenters. The number of anilines is 1. The van der Waals surface area contributed by atoms with E-state index in [9.17, 15) is 4.39 Å². The van der Waals surface area contributed by atoms with Crippen molar-refractivity contribution in [1.29, 1.82) is 0 Å². The molecule has 1 fully saturated rings. The van der Waals surface area contributed by atoms with E-state index in [0.29, 0.717) is 5.02 Å². The molecule has 1 saturated heterocycles. The molecule has 2 aromatic rings. The number of hydrogen-bond donors (Lipinski definition) is 1. The summed E-state index contributed by atoms with van der Waals surface area (Å²) in [5, 5.41) is 0.510. The molecular weight excluding hydrogens is 291 g/mol. The fraction of sp³-hybridized carbons (Fsp3) is 0.333. The average molecular weight is 308 g/mol. The molecule has 1 N–H and O–H groups in total. The monoisotopic (exact) mass is 307 g/mol. The van der Waals surface area contributed by atoms with Gasteiger partial charge in [0.25, 0.3) is 0 Å². The molecule has 1 aromatic carbocycles. The second-order valence-electron chi connectivity index (χ2n) is 5.20. The minimum Gasteiger partial charge on any atom is -0.330 e. The Morgan fingerprint density at radius 2 is 1.90 bits per heavy atom. The van der Waals surface area contributed by atoms with E-state index >= 15 is 0 Å². The Morgan fingerprint density at radius 1 is 1.19 bits per heavy atom. The first-order valence-corrected chi connectivity index (χ1v) is 7.39. The smallest absolute Gasteiger partial charge is 0.225 e. The summed E-state index contributed by atoms with van der Waals surface area (Å²) in [6.07, 6.45) is 3.53. The topological polar surface area (TPSA) is 33.5 Å². The average Bonchev–Trinajstić information content (AvgIpc) is 2.52. The van der Waals surface area contributed by atoms with Crippen molar-refractivity contribution in [2.75, 3.05) is 31.1 Å². The number of nitrogens with zero attached hydrogens (tertiary/aromatic N) is 3. The summed E-state index contributed by atoms with van der Waals surface area (Å²) in [5.41, 5.74) is 0.998. The van der Waals surface area contributed by atoms with Crippen LogP contribution in [0.25, 0.3) is 0 Å². The lowest BCUT2D eigenvalue weighted by molar-refractivity contribution is -0.914. The highest BCUT2D eigenvalue weighted by molar-refractivity contribution is 6.31. The van der Waals surface area contributed by atoms with Gasteiger partial charge in [-0.2, -0.15) is 0 Å². The van der Waals surface area contributed by atoms with Crippen molar-refractivity contribution < 1.29 is 9.29 Å². The van der Waals surface area contributed by atoms with Gasteiger partial charge in [0.05, 0.1) is 31.2 Å². The van der Waals surface area contributed by atoms with E-state index in [4.69, 9.17) is 11.6 Å². The lowest BCUT2D eigenvalue weighted by Crippen LogP contribution is -3.13.